The van der Waals surface area contributed by atoms with Gasteiger partial charge in [0.2, 0.25) is 0 Å². The third kappa shape index (κ3) is 4.32. The molecular weight excluding hydrogens is 248 g/mol. The Labute approximate surface area is 122 Å². The van der Waals surface area contributed by atoms with Gasteiger partial charge in [0.25, 0.3) is 0 Å². The topological polar surface area (TPSA) is 31.4 Å². The largest absolute Gasteiger partial charge is 0.370 e. The van der Waals surface area contributed by atoms with Gasteiger partial charge in [-0.05, 0) is 38.1 Å². The van der Waals surface area contributed by atoms with Gasteiger partial charge in [0, 0.05) is 45.0 Å². The molecule has 1 aliphatic heterocycles. The van der Waals surface area contributed by atoms with Gasteiger partial charge in [-0.15, -0.1) is 0 Å². The van der Waals surface area contributed by atoms with Crippen LogP contribution >= 0.6 is 0 Å². The van der Waals surface area contributed by atoms with E-state index < -0.39 is 0 Å². The van der Waals surface area contributed by atoms with E-state index in [2.05, 4.69) is 40.7 Å². The maximum Gasteiger partial charge on any atom is 0.125 e. The molecular formula is C16H26N4. The molecule has 4 nitrogen and oxygen atoms in total. The molecule has 0 unspecified atom stereocenters. The second-order valence-corrected chi connectivity index (χ2v) is 5.58. The molecule has 1 saturated heterocycles. The first kappa shape index (κ1) is 15.0. The summed E-state index contributed by atoms with van der Waals surface area (Å²) in [6, 6.07) is 4.67. The summed E-state index contributed by atoms with van der Waals surface area (Å²) in [7, 11) is 2.20. The van der Waals surface area contributed by atoms with Gasteiger partial charge in [-0.3, -0.25) is 4.90 Å². The average molecular weight is 274 g/mol. The van der Waals surface area contributed by atoms with Crippen LogP contribution in [0.5, 0.6) is 0 Å². The summed E-state index contributed by atoms with van der Waals surface area (Å²) in [5.74, 6) is 0.946. The monoisotopic (exact) mass is 274 g/mol. The van der Waals surface area contributed by atoms with Crippen LogP contribution in [0.1, 0.15) is 18.9 Å². The third-order valence-electron chi connectivity index (χ3n) is 4.05. The minimum Gasteiger partial charge on any atom is -0.370 e. The van der Waals surface area contributed by atoms with Gasteiger partial charge >= 0.3 is 0 Å². The van der Waals surface area contributed by atoms with Crippen LogP contribution in [0.3, 0.4) is 0 Å². The van der Waals surface area contributed by atoms with E-state index in [0.717, 1.165) is 24.3 Å². The van der Waals surface area contributed by atoms with Gasteiger partial charge < -0.3 is 10.2 Å². The van der Waals surface area contributed by atoms with Crippen LogP contribution in [-0.4, -0.2) is 60.6 Å². The van der Waals surface area contributed by atoms with E-state index in [1.807, 2.05) is 24.4 Å². The van der Waals surface area contributed by atoms with Crippen molar-refractivity contribution in [1.82, 2.24) is 14.8 Å². The zero-order valence-corrected chi connectivity index (χ0v) is 12.7. The van der Waals surface area contributed by atoms with Crippen molar-refractivity contribution in [2.45, 2.75) is 19.4 Å². The number of piperazine rings is 1. The molecule has 0 amide bonds. The summed E-state index contributed by atoms with van der Waals surface area (Å²) in [6.07, 6.45) is 4.81. The second kappa shape index (κ2) is 7.41. The van der Waals surface area contributed by atoms with Crippen LogP contribution in [-0.2, 0) is 0 Å². The number of aromatic nitrogens is 1. The smallest absolute Gasteiger partial charge is 0.125 e. The molecule has 1 fully saturated rings. The van der Waals surface area contributed by atoms with E-state index in [4.69, 9.17) is 0 Å². The van der Waals surface area contributed by atoms with Gasteiger partial charge in [-0.2, -0.15) is 0 Å². The van der Waals surface area contributed by atoms with Crippen molar-refractivity contribution < 1.29 is 0 Å². The summed E-state index contributed by atoms with van der Waals surface area (Å²) >= 11 is 0. The molecule has 0 spiro atoms. The van der Waals surface area contributed by atoms with Crippen molar-refractivity contribution in [3.8, 4) is 0 Å². The van der Waals surface area contributed by atoms with Gasteiger partial charge in [0.15, 0.2) is 0 Å². The zero-order valence-electron chi connectivity index (χ0n) is 12.7. The lowest BCUT2D eigenvalue weighted by Crippen LogP contribution is -2.48. The lowest BCUT2D eigenvalue weighted by molar-refractivity contribution is 0.116. The highest BCUT2D eigenvalue weighted by Gasteiger charge is 2.18. The molecule has 0 saturated carbocycles. The first-order valence-electron chi connectivity index (χ1n) is 7.44. The fraction of sp³-hybridized carbons (Fsp3) is 0.562. The first-order valence-corrected chi connectivity index (χ1v) is 7.44. The predicted molar refractivity (Wildman–Crippen MR) is 86.0 cm³/mol. The van der Waals surface area contributed by atoms with E-state index in [1.165, 1.54) is 26.2 Å². The van der Waals surface area contributed by atoms with Gasteiger partial charge in [-0.25, -0.2) is 4.98 Å². The van der Waals surface area contributed by atoms with Crippen LogP contribution in [0, 0.1) is 0 Å². The minimum atomic E-state index is 0.628. The van der Waals surface area contributed by atoms with E-state index in [1.54, 1.807) is 0 Å². The highest BCUT2D eigenvalue weighted by molar-refractivity contribution is 5.48. The Morgan fingerprint density at radius 1 is 1.35 bits per heavy atom. The molecule has 0 bridgehead atoms. The van der Waals surface area contributed by atoms with Crippen LogP contribution in [0.4, 0.5) is 5.82 Å². The minimum absolute atomic E-state index is 0.628. The Bertz CT molecular complexity index is 407. The van der Waals surface area contributed by atoms with Gasteiger partial charge in [0.1, 0.15) is 5.82 Å². The number of hydrogen-bond donors (Lipinski definition) is 1. The van der Waals surface area contributed by atoms with E-state index in [-0.39, 0.29) is 0 Å². The molecule has 1 aromatic heterocycles. The van der Waals surface area contributed by atoms with Gasteiger partial charge in [-0.1, -0.05) is 12.7 Å². The number of hydrogen-bond acceptors (Lipinski definition) is 4. The van der Waals surface area contributed by atoms with Crippen LogP contribution in [0.15, 0.2) is 24.9 Å². The normalized spacial score (nSPS) is 18.7. The Kier molecular flexibility index (Phi) is 5.56. The van der Waals surface area contributed by atoms with Crippen molar-refractivity contribution in [1.29, 1.82) is 0 Å². The molecule has 1 aliphatic rings. The highest BCUT2D eigenvalue weighted by atomic mass is 15.3. The lowest BCUT2D eigenvalue weighted by Gasteiger charge is -2.36. The number of anilines is 1. The van der Waals surface area contributed by atoms with Crippen molar-refractivity contribution in [3.63, 3.8) is 0 Å². The number of nitrogens with zero attached hydrogens (tertiary/aromatic N) is 3. The van der Waals surface area contributed by atoms with Crippen molar-refractivity contribution in [3.05, 3.63) is 30.5 Å². The number of nitrogens with one attached hydrogen (secondary N) is 1. The number of likely N-dealkylation sites (N-methyl/N-ethyl adjacent to an activating group) is 1. The average Bonchev–Trinajstić information content (AvgIpc) is 2.48. The molecule has 2 heterocycles. The second-order valence-electron chi connectivity index (χ2n) is 5.58. The fourth-order valence-electron chi connectivity index (χ4n) is 2.49. The molecule has 0 aromatic carbocycles. The summed E-state index contributed by atoms with van der Waals surface area (Å²) in [5, 5.41) is 3.39. The molecule has 1 N–H and O–H groups in total. The van der Waals surface area contributed by atoms with E-state index in [0.29, 0.717) is 6.04 Å². The summed E-state index contributed by atoms with van der Waals surface area (Å²) in [4.78, 5) is 9.34. The highest BCUT2D eigenvalue weighted by Crippen LogP contribution is 2.10. The SMILES string of the molecule is C=Cc1ccc(NCC[C@@H](C)N2CCN(C)CC2)nc1. The molecule has 20 heavy (non-hydrogen) atoms. The quantitative estimate of drug-likeness (QED) is 0.861. The Hall–Kier alpha value is -1.39. The van der Waals surface area contributed by atoms with E-state index >= 15 is 0 Å². The maximum atomic E-state index is 4.37. The summed E-state index contributed by atoms with van der Waals surface area (Å²) in [6.45, 7) is 11.8. The van der Waals surface area contributed by atoms with Gasteiger partial charge in [0.05, 0.1) is 0 Å². The number of rotatable bonds is 6. The lowest BCUT2D eigenvalue weighted by atomic mass is 10.1. The Morgan fingerprint density at radius 3 is 2.70 bits per heavy atom. The number of pyridine rings is 1. The van der Waals surface area contributed by atoms with Crippen molar-refractivity contribution in [2.75, 3.05) is 45.1 Å². The summed E-state index contributed by atoms with van der Waals surface area (Å²) in [5.41, 5.74) is 1.06. The fourth-order valence-corrected chi connectivity index (χ4v) is 2.49. The van der Waals surface area contributed by atoms with Crippen molar-refractivity contribution in [2.24, 2.45) is 0 Å². The third-order valence-corrected chi connectivity index (χ3v) is 4.05. The Balaban J connectivity index is 1.70. The molecule has 1 atom stereocenters. The standard InChI is InChI=1S/C16H26N4/c1-4-15-5-6-16(18-13-15)17-8-7-14(2)20-11-9-19(3)10-12-20/h4-6,13-14H,1,7-12H2,2-3H3,(H,17,18)/t14-/m1/s1. The first-order chi connectivity index (χ1) is 9.69. The summed E-state index contributed by atoms with van der Waals surface area (Å²) < 4.78 is 0. The molecule has 1 aromatic rings. The predicted octanol–water partition coefficient (Wildman–Crippen LogP) is 2.16. The molecule has 0 radical (unpaired) electrons. The Morgan fingerprint density at radius 2 is 2.10 bits per heavy atom. The van der Waals surface area contributed by atoms with Crippen molar-refractivity contribution >= 4 is 11.9 Å². The molecule has 4 heteroatoms. The van der Waals surface area contributed by atoms with E-state index in [9.17, 15) is 0 Å². The molecule has 110 valence electrons. The van der Waals surface area contributed by atoms with Crippen LogP contribution in [0.25, 0.3) is 6.08 Å². The molecule has 0 aliphatic carbocycles. The van der Waals surface area contributed by atoms with Crippen LogP contribution < -0.4 is 5.32 Å². The molecule has 2 rings (SSSR count). The maximum absolute atomic E-state index is 4.37. The zero-order chi connectivity index (χ0) is 14.4. The van der Waals surface area contributed by atoms with Crippen LogP contribution in [0.2, 0.25) is 0 Å².